The summed E-state index contributed by atoms with van der Waals surface area (Å²) < 4.78 is 1.80. The van der Waals surface area contributed by atoms with Gasteiger partial charge in [-0.25, -0.2) is 9.50 Å². The van der Waals surface area contributed by atoms with Crippen molar-refractivity contribution in [2.45, 2.75) is 52.1 Å². The number of thioether (sulfide) groups is 1. The number of amides is 1. The Kier molecular flexibility index (Phi) is 5.32. The average Bonchev–Trinajstić information content (AvgIpc) is 2.96. The van der Waals surface area contributed by atoms with E-state index in [9.17, 15) is 4.79 Å². The van der Waals surface area contributed by atoms with E-state index >= 15 is 0 Å². The number of rotatable bonds is 4. The van der Waals surface area contributed by atoms with Crippen molar-refractivity contribution in [1.29, 1.82) is 0 Å². The van der Waals surface area contributed by atoms with E-state index in [4.69, 9.17) is 0 Å². The minimum atomic E-state index is 0.251. The predicted octanol–water partition coefficient (Wildman–Crippen LogP) is 2.90. The molecule has 1 amide bonds. The Morgan fingerprint density at radius 2 is 1.88 bits per heavy atom. The van der Waals surface area contributed by atoms with Gasteiger partial charge >= 0.3 is 0 Å². The summed E-state index contributed by atoms with van der Waals surface area (Å²) in [6.45, 7) is 10.3. The van der Waals surface area contributed by atoms with E-state index in [1.807, 2.05) is 25.0 Å². The Morgan fingerprint density at radius 1 is 1.20 bits per heavy atom. The van der Waals surface area contributed by atoms with Crippen LogP contribution in [0.2, 0.25) is 0 Å². The highest BCUT2D eigenvalue weighted by Crippen LogP contribution is 2.23. The number of carbonyl (C=O) groups is 1. The summed E-state index contributed by atoms with van der Waals surface area (Å²) in [5, 5.41) is 5.20. The molecule has 2 aromatic heterocycles. The van der Waals surface area contributed by atoms with Crippen LogP contribution in [0.5, 0.6) is 0 Å². The normalized spacial score (nSPS) is 21.1. The number of nitrogens with zero attached hydrogens (tertiary/aromatic N) is 5. The molecule has 0 saturated carbocycles. The van der Waals surface area contributed by atoms with E-state index in [2.05, 4.69) is 28.9 Å². The summed E-state index contributed by atoms with van der Waals surface area (Å²) in [5.41, 5.74) is 3.08. The van der Waals surface area contributed by atoms with Gasteiger partial charge in [0.25, 0.3) is 5.78 Å². The first kappa shape index (κ1) is 18.2. The lowest BCUT2D eigenvalue weighted by Crippen LogP contribution is -2.42. The third-order valence-electron chi connectivity index (χ3n) is 5.02. The number of hydrogen-bond acceptors (Lipinski definition) is 5. The van der Waals surface area contributed by atoms with Crippen LogP contribution in [-0.2, 0) is 11.2 Å². The van der Waals surface area contributed by atoms with Crippen LogP contribution < -0.4 is 0 Å². The first-order valence-corrected chi connectivity index (χ1v) is 10.2. The van der Waals surface area contributed by atoms with Crippen LogP contribution in [0.4, 0.5) is 0 Å². The van der Waals surface area contributed by atoms with Crippen molar-refractivity contribution in [2.75, 3.05) is 19.3 Å². The van der Waals surface area contributed by atoms with Gasteiger partial charge < -0.3 is 4.90 Å². The number of piperidine rings is 1. The Balaban J connectivity index is 1.75. The number of aromatic nitrogens is 4. The average molecular weight is 362 g/mol. The molecular formula is C18H27N5OS. The zero-order valence-corrected chi connectivity index (χ0v) is 16.6. The second-order valence-corrected chi connectivity index (χ2v) is 8.09. The van der Waals surface area contributed by atoms with Crippen molar-refractivity contribution in [3.63, 3.8) is 0 Å². The molecule has 0 spiro atoms. The molecule has 0 unspecified atom stereocenters. The molecular weight excluding hydrogens is 334 g/mol. The zero-order valence-electron chi connectivity index (χ0n) is 15.7. The van der Waals surface area contributed by atoms with Crippen molar-refractivity contribution in [1.82, 2.24) is 24.5 Å². The summed E-state index contributed by atoms with van der Waals surface area (Å²) in [6.07, 6.45) is 4.40. The Labute approximate surface area is 153 Å². The fourth-order valence-corrected chi connectivity index (χ4v) is 4.23. The molecule has 1 fully saturated rings. The standard InChI is InChI=1S/C18H27N5OS/c1-11-8-12(2)10-22(9-11)16(24)7-6-15-13(3)19-17-20-18(25-5)21-23(17)14(15)4/h11-12H,6-10H2,1-5H3/t11-,12+. The molecule has 3 rings (SSSR count). The summed E-state index contributed by atoms with van der Waals surface area (Å²) in [7, 11) is 0. The molecule has 0 aromatic carbocycles. The molecule has 0 aliphatic carbocycles. The van der Waals surface area contributed by atoms with Gasteiger partial charge in [0.15, 0.2) is 0 Å². The molecule has 0 radical (unpaired) electrons. The summed E-state index contributed by atoms with van der Waals surface area (Å²) in [6, 6.07) is 0. The molecule has 1 saturated heterocycles. The highest BCUT2D eigenvalue weighted by molar-refractivity contribution is 7.98. The number of fused-ring (bicyclic) bond motifs is 1. The second-order valence-electron chi connectivity index (χ2n) is 7.32. The molecule has 0 N–H and O–H groups in total. The Hall–Kier alpha value is -1.63. The van der Waals surface area contributed by atoms with Crippen molar-refractivity contribution < 1.29 is 4.79 Å². The third-order valence-corrected chi connectivity index (χ3v) is 5.56. The molecule has 2 aromatic rings. The molecule has 136 valence electrons. The molecule has 0 bridgehead atoms. The van der Waals surface area contributed by atoms with Crippen molar-refractivity contribution in [3.05, 3.63) is 17.0 Å². The fraction of sp³-hybridized carbons (Fsp3) is 0.667. The van der Waals surface area contributed by atoms with E-state index in [1.165, 1.54) is 18.2 Å². The molecule has 2 atom stereocenters. The lowest BCUT2D eigenvalue weighted by molar-refractivity contribution is -0.133. The first-order valence-electron chi connectivity index (χ1n) is 8.93. The van der Waals surface area contributed by atoms with E-state index < -0.39 is 0 Å². The van der Waals surface area contributed by atoms with Gasteiger partial charge in [-0.2, -0.15) is 4.98 Å². The van der Waals surface area contributed by atoms with Crippen molar-refractivity contribution in [2.24, 2.45) is 11.8 Å². The van der Waals surface area contributed by atoms with Gasteiger partial charge in [-0.3, -0.25) is 4.79 Å². The maximum Gasteiger partial charge on any atom is 0.253 e. The highest BCUT2D eigenvalue weighted by Gasteiger charge is 2.25. The van der Waals surface area contributed by atoms with Crippen molar-refractivity contribution >= 4 is 23.4 Å². The molecule has 3 heterocycles. The van der Waals surface area contributed by atoms with Gasteiger partial charge in [-0.15, -0.1) is 5.10 Å². The van der Waals surface area contributed by atoms with Crippen LogP contribution >= 0.6 is 11.8 Å². The predicted molar refractivity (Wildman–Crippen MR) is 99.9 cm³/mol. The molecule has 7 heteroatoms. The van der Waals surface area contributed by atoms with Gasteiger partial charge in [-0.05, 0) is 50.3 Å². The monoisotopic (exact) mass is 361 g/mol. The lowest BCUT2D eigenvalue weighted by Gasteiger charge is -2.35. The second kappa shape index (κ2) is 7.32. The van der Waals surface area contributed by atoms with Gasteiger partial charge in [0.2, 0.25) is 11.1 Å². The number of aryl methyl sites for hydroxylation is 2. The van der Waals surface area contributed by atoms with Gasteiger partial charge in [0.05, 0.1) is 0 Å². The van der Waals surface area contributed by atoms with Crippen LogP contribution in [0.25, 0.3) is 5.78 Å². The summed E-state index contributed by atoms with van der Waals surface area (Å²) in [5.74, 6) is 2.07. The van der Waals surface area contributed by atoms with Crippen LogP contribution in [0.1, 0.15) is 43.6 Å². The van der Waals surface area contributed by atoms with Gasteiger partial charge in [0.1, 0.15) is 0 Å². The molecule has 1 aliphatic rings. The third kappa shape index (κ3) is 3.81. The van der Waals surface area contributed by atoms with E-state index in [0.717, 1.165) is 35.2 Å². The van der Waals surface area contributed by atoms with Gasteiger partial charge in [0, 0.05) is 30.9 Å². The SMILES string of the molecule is CSc1nc2nc(C)c(CCC(=O)N3C[C@H](C)C[C@H](C)C3)c(C)n2n1. The highest BCUT2D eigenvalue weighted by atomic mass is 32.2. The van der Waals surface area contributed by atoms with Gasteiger partial charge in [-0.1, -0.05) is 25.6 Å². The van der Waals surface area contributed by atoms with E-state index in [-0.39, 0.29) is 5.91 Å². The maximum atomic E-state index is 12.7. The molecule has 6 nitrogen and oxygen atoms in total. The Morgan fingerprint density at radius 3 is 2.52 bits per heavy atom. The zero-order chi connectivity index (χ0) is 18.1. The summed E-state index contributed by atoms with van der Waals surface area (Å²) in [4.78, 5) is 23.7. The van der Waals surface area contributed by atoms with E-state index in [0.29, 0.717) is 30.5 Å². The van der Waals surface area contributed by atoms with Crippen LogP contribution in [0.15, 0.2) is 5.16 Å². The largest absolute Gasteiger partial charge is 0.342 e. The number of likely N-dealkylation sites (tertiary alicyclic amines) is 1. The fourth-order valence-electron chi connectivity index (χ4n) is 3.89. The minimum absolute atomic E-state index is 0.251. The summed E-state index contributed by atoms with van der Waals surface area (Å²) >= 11 is 1.51. The molecule has 1 aliphatic heterocycles. The smallest absolute Gasteiger partial charge is 0.253 e. The first-order chi connectivity index (χ1) is 11.9. The van der Waals surface area contributed by atoms with Crippen molar-refractivity contribution in [3.8, 4) is 0 Å². The van der Waals surface area contributed by atoms with Crippen LogP contribution in [0.3, 0.4) is 0 Å². The van der Waals surface area contributed by atoms with Crippen LogP contribution in [-0.4, -0.2) is 49.7 Å². The topological polar surface area (TPSA) is 63.4 Å². The Bertz CT molecular complexity index is 777. The van der Waals surface area contributed by atoms with Crippen LogP contribution in [0, 0.1) is 25.7 Å². The molecule has 25 heavy (non-hydrogen) atoms. The lowest BCUT2D eigenvalue weighted by atomic mass is 9.91. The quantitative estimate of drug-likeness (QED) is 0.784. The maximum absolute atomic E-state index is 12.7. The minimum Gasteiger partial charge on any atom is -0.342 e. The number of hydrogen-bond donors (Lipinski definition) is 0. The van der Waals surface area contributed by atoms with E-state index in [1.54, 1.807) is 4.52 Å². The number of carbonyl (C=O) groups excluding carboxylic acids is 1.